The third-order valence-corrected chi connectivity index (χ3v) is 4.28. The van der Waals surface area contributed by atoms with Gasteiger partial charge in [-0.2, -0.15) is 0 Å². The summed E-state index contributed by atoms with van der Waals surface area (Å²) < 4.78 is 26.7. The normalized spacial score (nSPS) is 11.6. The van der Waals surface area contributed by atoms with Crippen molar-refractivity contribution in [1.82, 2.24) is 15.6 Å². The number of guanidine groups is 1. The van der Waals surface area contributed by atoms with Crippen LogP contribution in [-0.4, -0.2) is 30.6 Å². The van der Waals surface area contributed by atoms with Gasteiger partial charge in [0.15, 0.2) is 5.96 Å². The molecule has 0 fully saturated rings. The topological polar surface area (TPSA) is 49.3 Å². The largest absolute Gasteiger partial charge is 0.357 e. The van der Waals surface area contributed by atoms with Crippen molar-refractivity contribution in [2.24, 2.45) is 4.99 Å². The van der Waals surface area contributed by atoms with Crippen LogP contribution in [0.15, 0.2) is 29.4 Å². The van der Waals surface area contributed by atoms with E-state index in [-0.39, 0.29) is 5.82 Å². The molecule has 4 nitrogen and oxygen atoms in total. The summed E-state index contributed by atoms with van der Waals surface area (Å²) in [6.07, 6.45) is 3.04. The van der Waals surface area contributed by atoms with E-state index in [9.17, 15) is 8.78 Å². The fourth-order valence-electron chi connectivity index (χ4n) is 2.17. The number of benzene rings is 1. The second-order valence-electron chi connectivity index (χ2n) is 5.29. The zero-order valence-corrected chi connectivity index (χ0v) is 14.7. The van der Waals surface area contributed by atoms with Crippen molar-refractivity contribution in [1.29, 1.82) is 0 Å². The Morgan fingerprint density at radius 3 is 2.79 bits per heavy atom. The highest BCUT2D eigenvalue weighted by Gasteiger charge is 2.05. The fraction of sp³-hybridized carbons (Fsp3) is 0.412. The first-order chi connectivity index (χ1) is 11.6. The molecule has 24 heavy (non-hydrogen) atoms. The van der Waals surface area contributed by atoms with Gasteiger partial charge in [0.05, 0.1) is 5.01 Å². The number of halogens is 2. The van der Waals surface area contributed by atoms with Gasteiger partial charge in [0, 0.05) is 37.1 Å². The zero-order chi connectivity index (χ0) is 17.4. The maximum Gasteiger partial charge on any atom is 0.191 e. The molecule has 2 rings (SSSR count). The summed E-state index contributed by atoms with van der Waals surface area (Å²) in [4.78, 5) is 9.98. The van der Waals surface area contributed by atoms with Gasteiger partial charge in [0.25, 0.3) is 0 Å². The predicted octanol–water partition coefficient (Wildman–Crippen LogP) is 3.07. The molecule has 0 spiro atoms. The predicted molar refractivity (Wildman–Crippen MR) is 94.6 cm³/mol. The third kappa shape index (κ3) is 5.88. The molecule has 0 aliphatic rings. The highest BCUT2D eigenvalue weighted by atomic mass is 32.1. The Morgan fingerprint density at radius 2 is 2.08 bits per heavy atom. The molecule has 0 unspecified atom stereocenters. The van der Waals surface area contributed by atoms with Crippen molar-refractivity contribution >= 4 is 17.3 Å². The Bertz CT molecular complexity index is 685. The van der Waals surface area contributed by atoms with E-state index in [1.807, 2.05) is 20.0 Å². The van der Waals surface area contributed by atoms with E-state index in [0.29, 0.717) is 31.0 Å². The first-order valence-electron chi connectivity index (χ1n) is 7.96. The van der Waals surface area contributed by atoms with Crippen LogP contribution >= 0.6 is 11.3 Å². The summed E-state index contributed by atoms with van der Waals surface area (Å²) in [6.45, 7) is 5.84. The van der Waals surface area contributed by atoms with Crippen LogP contribution in [0.1, 0.15) is 22.4 Å². The van der Waals surface area contributed by atoms with Gasteiger partial charge in [-0.1, -0.05) is 0 Å². The van der Waals surface area contributed by atoms with Crippen molar-refractivity contribution in [2.75, 3.05) is 19.6 Å². The van der Waals surface area contributed by atoms with Gasteiger partial charge >= 0.3 is 0 Å². The van der Waals surface area contributed by atoms with Crippen LogP contribution < -0.4 is 10.6 Å². The second-order valence-corrected chi connectivity index (χ2v) is 6.61. The Labute approximate surface area is 145 Å². The number of thiazole rings is 1. The maximum absolute atomic E-state index is 13.6. The SMILES string of the molecule is CCNC(=NCCc1ncc(C)s1)NCCc1cc(F)ccc1F. The van der Waals surface area contributed by atoms with Gasteiger partial charge in [-0.05, 0) is 44.0 Å². The molecule has 0 aliphatic carbocycles. The highest BCUT2D eigenvalue weighted by molar-refractivity contribution is 7.11. The lowest BCUT2D eigenvalue weighted by Gasteiger charge is -2.11. The summed E-state index contributed by atoms with van der Waals surface area (Å²) in [5.74, 6) is -0.146. The summed E-state index contributed by atoms with van der Waals surface area (Å²) in [7, 11) is 0. The van der Waals surface area contributed by atoms with Gasteiger partial charge in [0.2, 0.25) is 0 Å². The third-order valence-electron chi connectivity index (χ3n) is 3.30. The molecule has 0 saturated heterocycles. The molecule has 0 atom stereocenters. The molecule has 2 aromatic rings. The molecule has 1 heterocycles. The van der Waals surface area contributed by atoms with Crippen LogP contribution in [0.2, 0.25) is 0 Å². The average Bonchev–Trinajstić information content (AvgIpc) is 2.96. The van der Waals surface area contributed by atoms with Gasteiger partial charge in [-0.15, -0.1) is 11.3 Å². The number of aryl methyl sites for hydroxylation is 1. The van der Waals surface area contributed by atoms with Gasteiger partial charge in [0.1, 0.15) is 11.6 Å². The number of hydrogen-bond donors (Lipinski definition) is 2. The van der Waals surface area contributed by atoms with Crippen molar-refractivity contribution in [3.63, 3.8) is 0 Å². The quantitative estimate of drug-likeness (QED) is 0.595. The lowest BCUT2D eigenvalue weighted by molar-refractivity contribution is 0.583. The van der Waals surface area contributed by atoms with Crippen molar-refractivity contribution in [3.8, 4) is 0 Å². The van der Waals surface area contributed by atoms with E-state index in [2.05, 4.69) is 20.6 Å². The monoisotopic (exact) mass is 352 g/mol. The number of rotatable bonds is 7. The number of hydrogen-bond acceptors (Lipinski definition) is 3. The Balaban J connectivity index is 1.83. The number of aromatic nitrogens is 1. The Kier molecular flexibility index (Phi) is 7.11. The summed E-state index contributed by atoms with van der Waals surface area (Å²) in [5, 5.41) is 7.34. The standard InChI is InChI=1S/C17H22F2N4S/c1-3-20-17(22-9-7-16-23-11-12(2)24-16)21-8-6-13-10-14(18)4-5-15(13)19/h4-5,10-11H,3,6-9H2,1-2H3,(H2,20,21,22). The van der Waals surface area contributed by atoms with E-state index in [0.717, 1.165) is 30.1 Å². The number of nitrogens with zero attached hydrogens (tertiary/aromatic N) is 2. The first kappa shape index (κ1) is 18.3. The van der Waals surface area contributed by atoms with E-state index in [4.69, 9.17) is 0 Å². The smallest absolute Gasteiger partial charge is 0.191 e. The van der Waals surface area contributed by atoms with Crippen LogP contribution in [0.5, 0.6) is 0 Å². The molecule has 7 heteroatoms. The molecule has 0 bridgehead atoms. The second kappa shape index (κ2) is 9.32. The molecule has 130 valence electrons. The number of aliphatic imine (C=N–C) groups is 1. The molecule has 1 aromatic carbocycles. The van der Waals surface area contributed by atoms with Gasteiger partial charge in [-0.25, -0.2) is 13.8 Å². The minimum atomic E-state index is -0.425. The molecule has 0 aliphatic heterocycles. The van der Waals surface area contributed by atoms with Crippen LogP contribution in [0.3, 0.4) is 0 Å². The van der Waals surface area contributed by atoms with Crippen molar-refractivity contribution in [3.05, 3.63) is 51.5 Å². The summed E-state index contributed by atoms with van der Waals surface area (Å²) in [6, 6.07) is 3.50. The number of nitrogens with one attached hydrogen (secondary N) is 2. The van der Waals surface area contributed by atoms with Crippen molar-refractivity contribution in [2.45, 2.75) is 26.7 Å². The van der Waals surface area contributed by atoms with E-state index >= 15 is 0 Å². The van der Waals surface area contributed by atoms with E-state index < -0.39 is 5.82 Å². The molecule has 0 amide bonds. The lowest BCUT2D eigenvalue weighted by Crippen LogP contribution is -2.38. The minimum absolute atomic E-state index is 0.358. The first-order valence-corrected chi connectivity index (χ1v) is 8.77. The van der Waals surface area contributed by atoms with Crippen LogP contribution in [0.4, 0.5) is 8.78 Å². The zero-order valence-electron chi connectivity index (χ0n) is 13.9. The molecule has 1 aromatic heterocycles. The fourth-order valence-corrected chi connectivity index (χ4v) is 2.95. The van der Waals surface area contributed by atoms with E-state index in [1.165, 1.54) is 10.9 Å². The van der Waals surface area contributed by atoms with Crippen LogP contribution in [0.25, 0.3) is 0 Å². The van der Waals surface area contributed by atoms with E-state index in [1.54, 1.807) is 11.3 Å². The Morgan fingerprint density at radius 1 is 1.25 bits per heavy atom. The Hall–Kier alpha value is -2.02. The minimum Gasteiger partial charge on any atom is -0.357 e. The molecule has 0 radical (unpaired) electrons. The molecule has 2 N–H and O–H groups in total. The summed E-state index contributed by atoms with van der Waals surface area (Å²) in [5.41, 5.74) is 0.358. The van der Waals surface area contributed by atoms with Crippen molar-refractivity contribution < 1.29 is 8.78 Å². The maximum atomic E-state index is 13.6. The average molecular weight is 352 g/mol. The van der Waals surface area contributed by atoms with Gasteiger partial charge in [-0.3, -0.25) is 4.99 Å². The van der Waals surface area contributed by atoms with Crippen LogP contribution in [-0.2, 0) is 12.8 Å². The molecule has 0 saturated carbocycles. The summed E-state index contributed by atoms with van der Waals surface area (Å²) >= 11 is 1.67. The van der Waals surface area contributed by atoms with Crippen LogP contribution in [0, 0.1) is 18.6 Å². The molecular formula is C17H22F2N4S. The molecular weight excluding hydrogens is 330 g/mol. The lowest BCUT2D eigenvalue weighted by atomic mass is 10.1. The van der Waals surface area contributed by atoms with Gasteiger partial charge < -0.3 is 10.6 Å². The highest BCUT2D eigenvalue weighted by Crippen LogP contribution is 2.11.